The topological polar surface area (TPSA) is 61.8 Å². The van der Waals surface area contributed by atoms with E-state index in [-0.39, 0.29) is 24.0 Å². The van der Waals surface area contributed by atoms with E-state index in [0.717, 1.165) is 6.42 Å². The second-order valence-electron chi connectivity index (χ2n) is 7.36. The average Bonchev–Trinajstić information content (AvgIpc) is 2.94. The smallest absolute Gasteiger partial charge is 0.410 e. The molecular weight excluding hydrogens is 311 g/mol. The molecule has 6 heteroatoms. The number of carbonyl (C=O) groups excluding carboxylic acids is 1. The number of nitrogens with zero attached hydrogens (tertiary/aromatic N) is 1. The molecule has 0 bridgehead atoms. The zero-order chi connectivity index (χ0) is 17.9. The molecule has 0 saturated carbocycles. The second kappa shape index (κ2) is 7.49. The summed E-state index contributed by atoms with van der Waals surface area (Å²) in [5.74, 6) is -0.324. The Labute approximate surface area is 142 Å². The Morgan fingerprint density at radius 3 is 2.58 bits per heavy atom. The van der Waals surface area contributed by atoms with E-state index in [4.69, 9.17) is 4.74 Å². The van der Waals surface area contributed by atoms with Crippen molar-refractivity contribution in [3.63, 3.8) is 0 Å². The molecule has 3 atom stereocenters. The number of aliphatic hydroxyl groups excluding tert-OH is 1. The SMILES string of the molecule is C[C@H](N[C@H]1CCN(C(=O)OC(C)(C)C)C1)[C@@H](O)c1ccc(F)cc1. The van der Waals surface area contributed by atoms with Gasteiger partial charge in [0.1, 0.15) is 11.4 Å². The number of halogens is 1. The standard InChI is InChI=1S/C18H27FN2O3/c1-12(16(22)13-5-7-14(19)8-6-13)20-15-9-10-21(11-15)17(23)24-18(2,3)4/h5-8,12,15-16,20,22H,9-11H2,1-4H3/t12-,15-,16+/m0/s1. The lowest BCUT2D eigenvalue weighted by molar-refractivity contribution is 0.0289. The van der Waals surface area contributed by atoms with E-state index in [1.807, 2.05) is 27.7 Å². The maximum Gasteiger partial charge on any atom is 0.410 e. The first-order valence-electron chi connectivity index (χ1n) is 8.33. The molecule has 0 radical (unpaired) electrons. The summed E-state index contributed by atoms with van der Waals surface area (Å²) in [4.78, 5) is 13.8. The number of hydrogen-bond donors (Lipinski definition) is 2. The molecule has 1 aromatic carbocycles. The molecule has 24 heavy (non-hydrogen) atoms. The van der Waals surface area contributed by atoms with Crippen molar-refractivity contribution in [1.29, 1.82) is 0 Å². The summed E-state index contributed by atoms with van der Waals surface area (Å²) in [6, 6.07) is 5.73. The number of aliphatic hydroxyl groups is 1. The maximum atomic E-state index is 13.0. The fourth-order valence-electron chi connectivity index (χ4n) is 2.80. The Morgan fingerprint density at radius 1 is 1.38 bits per heavy atom. The first kappa shape index (κ1) is 18.7. The molecule has 1 fully saturated rings. The normalized spacial score (nSPS) is 20.8. The molecule has 2 N–H and O–H groups in total. The van der Waals surface area contributed by atoms with E-state index >= 15 is 0 Å². The number of amides is 1. The highest BCUT2D eigenvalue weighted by Gasteiger charge is 2.31. The van der Waals surface area contributed by atoms with Crippen LogP contribution < -0.4 is 5.32 Å². The molecule has 0 aliphatic carbocycles. The summed E-state index contributed by atoms with van der Waals surface area (Å²) < 4.78 is 18.3. The predicted octanol–water partition coefficient (Wildman–Crippen LogP) is 2.85. The molecule has 0 spiro atoms. The van der Waals surface area contributed by atoms with Crippen LogP contribution >= 0.6 is 0 Å². The quantitative estimate of drug-likeness (QED) is 0.886. The summed E-state index contributed by atoms with van der Waals surface area (Å²) in [5.41, 5.74) is 0.160. The Kier molecular flexibility index (Phi) is 5.83. The summed E-state index contributed by atoms with van der Waals surface area (Å²) >= 11 is 0. The van der Waals surface area contributed by atoms with Gasteiger partial charge in [0, 0.05) is 25.2 Å². The summed E-state index contributed by atoms with van der Waals surface area (Å²) in [7, 11) is 0. The Bertz CT molecular complexity index is 556. The Hall–Kier alpha value is -1.66. The minimum absolute atomic E-state index is 0.0996. The van der Waals surface area contributed by atoms with Gasteiger partial charge in [0.05, 0.1) is 6.10 Å². The van der Waals surface area contributed by atoms with Crippen molar-refractivity contribution in [2.45, 2.75) is 57.9 Å². The Balaban J connectivity index is 1.86. The van der Waals surface area contributed by atoms with Gasteiger partial charge in [-0.1, -0.05) is 12.1 Å². The van der Waals surface area contributed by atoms with E-state index in [9.17, 15) is 14.3 Å². The van der Waals surface area contributed by atoms with E-state index < -0.39 is 11.7 Å². The van der Waals surface area contributed by atoms with Crippen LogP contribution in [-0.4, -0.2) is 46.9 Å². The average molecular weight is 338 g/mol. The lowest BCUT2D eigenvalue weighted by Gasteiger charge is -2.26. The van der Waals surface area contributed by atoms with E-state index in [1.165, 1.54) is 12.1 Å². The van der Waals surface area contributed by atoms with Gasteiger partial charge in [-0.25, -0.2) is 9.18 Å². The monoisotopic (exact) mass is 338 g/mol. The van der Waals surface area contributed by atoms with Crippen LogP contribution in [0.1, 0.15) is 45.8 Å². The maximum absolute atomic E-state index is 13.0. The summed E-state index contributed by atoms with van der Waals surface area (Å²) in [5, 5.41) is 13.7. The minimum Gasteiger partial charge on any atom is -0.444 e. The van der Waals surface area contributed by atoms with Crippen LogP contribution in [0.2, 0.25) is 0 Å². The lowest BCUT2D eigenvalue weighted by Crippen LogP contribution is -2.43. The van der Waals surface area contributed by atoms with Crippen LogP contribution in [0.5, 0.6) is 0 Å². The van der Waals surface area contributed by atoms with Crippen molar-refractivity contribution < 1.29 is 19.0 Å². The summed E-state index contributed by atoms with van der Waals surface area (Å²) in [6.45, 7) is 8.60. The van der Waals surface area contributed by atoms with Gasteiger partial charge in [-0.3, -0.25) is 0 Å². The van der Waals surface area contributed by atoms with E-state index in [2.05, 4.69) is 5.32 Å². The van der Waals surface area contributed by atoms with Gasteiger partial charge >= 0.3 is 6.09 Å². The molecule has 134 valence electrons. The van der Waals surface area contributed by atoms with Gasteiger partial charge in [0.25, 0.3) is 0 Å². The van der Waals surface area contributed by atoms with Gasteiger partial charge in [-0.05, 0) is 51.8 Å². The minimum atomic E-state index is -0.735. The number of ether oxygens (including phenoxy) is 1. The molecule has 1 heterocycles. The third-order valence-corrected chi connectivity index (χ3v) is 4.02. The van der Waals surface area contributed by atoms with Crippen molar-refractivity contribution in [2.24, 2.45) is 0 Å². The van der Waals surface area contributed by atoms with Gasteiger partial charge < -0.3 is 20.1 Å². The third kappa shape index (κ3) is 5.18. The van der Waals surface area contributed by atoms with Crippen LogP contribution in [0.4, 0.5) is 9.18 Å². The highest BCUT2D eigenvalue weighted by Crippen LogP contribution is 2.20. The van der Waals surface area contributed by atoms with Crippen LogP contribution in [0.25, 0.3) is 0 Å². The van der Waals surface area contributed by atoms with Crippen molar-refractivity contribution in [3.8, 4) is 0 Å². The van der Waals surface area contributed by atoms with Crippen molar-refractivity contribution in [2.75, 3.05) is 13.1 Å². The zero-order valence-corrected chi connectivity index (χ0v) is 14.8. The largest absolute Gasteiger partial charge is 0.444 e. The van der Waals surface area contributed by atoms with Crippen LogP contribution in [0.15, 0.2) is 24.3 Å². The molecule has 0 aromatic heterocycles. The number of benzene rings is 1. The second-order valence-corrected chi connectivity index (χ2v) is 7.36. The first-order chi connectivity index (χ1) is 11.2. The van der Waals surface area contributed by atoms with Crippen molar-refractivity contribution in [1.82, 2.24) is 10.2 Å². The molecule has 0 unspecified atom stereocenters. The molecule has 1 aliphatic heterocycles. The molecule has 1 aliphatic rings. The van der Waals surface area contributed by atoms with Gasteiger partial charge in [-0.2, -0.15) is 0 Å². The molecule has 1 saturated heterocycles. The lowest BCUT2D eigenvalue weighted by atomic mass is 10.0. The number of hydrogen-bond acceptors (Lipinski definition) is 4. The first-order valence-corrected chi connectivity index (χ1v) is 8.33. The third-order valence-electron chi connectivity index (χ3n) is 4.02. The van der Waals surface area contributed by atoms with Crippen LogP contribution in [-0.2, 0) is 4.74 Å². The molecule has 5 nitrogen and oxygen atoms in total. The van der Waals surface area contributed by atoms with Crippen molar-refractivity contribution in [3.05, 3.63) is 35.6 Å². The molecule has 1 amide bonds. The van der Waals surface area contributed by atoms with Crippen molar-refractivity contribution >= 4 is 6.09 Å². The fraction of sp³-hybridized carbons (Fsp3) is 0.611. The van der Waals surface area contributed by atoms with Gasteiger partial charge in [0.15, 0.2) is 0 Å². The van der Waals surface area contributed by atoms with Crippen LogP contribution in [0.3, 0.4) is 0 Å². The number of likely N-dealkylation sites (tertiary alicyclic amines) is 1. The zero-order valence-electron chi connectivity index (χ0n) is 14.8. The number of carbonyl (C=O) groups is 1. The Morgan fingerprint density at radius 2 is 2.00 bits per heavy atom. The van der Waals surface area contributed by atoms with Gasteiger partial charge in [-0.15, -0.1) is 0 Å². The fourth-order valence-corrected chi connectivity index (χ4v) is 2.80. The number of rotatable bonds is 4. The van der Waals surface area contributed by atoms with E-state index in [0.29, 0.717) is 18.7 Å². The predicted molar refractivity (Wildman–Crippen MR) is 90.2 cm³/mol. The number of nitrogens with one attached hydrogen (secondary N) is 1. The van der Waals surface area contributed by atoms with Crippen LogP contribution in [0, 0.1) is 5.82 Å². The van der Waals surface area contributed by atoms with E-state index in [1.54, 1.807) is 17.0 Å². The molecular formula is C18H27FN2O3. The highest BCUT2D eigenvalue weighted by atomic mass is 19.1. The molecule has 1 aromatic rings. The molecule has 2 rings (SSSR count). The van der Waals surface area contributed by atoms with Gasteiger partial charge in [0.2, 0.25) is 0 Å². The highest BCUT2D eigenvalue weighted by molar-refractivity contribution is 5.68. The summed E-state index contributed by atoms with van der Waals surface area (Å²) in [6.07, 6.45) is -0.237.